The Morgan fingerprint density at radius 1 is 1.38 bits per heavy atom. The van der Waals surface area contributed by atoms with Gasteiger partial charge in [-0.05, 0) is 23.6 Å². The maximum absolute atomic E-state index is 13.2. The molecule has 114 valence electrons. The van der Waals surface area contributed by atoms with Gasteiger partial charge >= 0.3 is 0 Å². The molecule has 0 spiro atoms. The Morgan fingerprint density at radius 3 is 2.52 bits per heavy atom. The van der Waals surface area contributed by atoms with Crippen LogP contribution in [0.3, 0.4) is 0 Å². The van der Waals surface area contributed by atoms with Crippen LogP contribution in [0.4, 0.5) is 4.39 Å². The van der Waals surface area contributed by atoms with Crippen LogP contribution in [-0.4, -0.2) is 18.2 Å². The van der Waals surface area contributed by atoms with E-state index in [1.165, 1.54) is 16.8 Å². The number of nitrogens with zero attached hydrogens (tertiary/aromatic N) is 2. The SMILES string of the molecule is CC(C)c1nn(Cc2cccc(F)c2)c(Cl)c1S(=O)(=O)Cl. The lowest BCUT2D eigenvalue weighted by molar-refractivity contribution is 0.607. The summed E-state index contributed by atoms with van der Waals surface area (Å²) >= 11 is 6.09. The molecule has 0 aliphatic heterocycles. The summed E-state index contributed by atoms with van der Waals surface area (Å²) in [5.74, 6) is -0.551. The molecule has 0 amide bonds. The molecule has 0 fully saturated rings. The van der Waals surface area contributed by atoms with Gasteiger partial charge in [0.25, 0.3) is 9.05 Å². The van der Waals surface area contributed by atoms with Crippen molar-refractivity contribution in [1.29, 1.82) is 0 Å². The lowest BCUT2D eigenvalue weighted by Gasteiger charge is -2.03. The summed E-state index contributed by atoms with van der Waals surface area (Å²) in [7, 11) is 1.42. The van der Waals surface area contributed by atoms with E-state index < -0.39 is 9.05 Å². The highest BCUT2D eigenvalue weighted by molar-refractivity contribution is 8.13. The second kappa shape index (κ2) is 5.94. The highest BCUT2D eigenvalue weighted by atomic mass is 35.7. The van der Waals surface area contributed by atoms with E-state index >= 15 is 0 Å². The number of hydrogen-bond donors (Lipinski definition) is 0. The first-order valence-corrected chi connectivity index (χ1v) is 8.84. The van der Waals surface area contributed by atoms with Crippen molar-refractivity contribution in [2.45, 2.75) is 31.2 Å². The van der Waals surface area contributed by atoms with E-state index in [0.29, 0.717) is 11.3 Å². The molecule has 1 aromatic carbocycles. The second-order valence-electron chi connectivity index (χ2n) is 4.89. The first-order chi connectivity index (χ1) is 9.70. The van der Waals surface area contributed by atoms with Gasteiger partial charge in [0.1, 0.15) is 15.9 Å². The Balaban J connectivity index is 2.51. The summed E-state index contributed by atoms with van der Waals surface area (Å²) in [6, 6.07) is 5.92. The van der Waals surface area contributed by atoms with Crippen molar-refractivity contribution in [2.75, 3.05) is 0 Å². The van der Waals surface area contributed by atoms with Gasteiger partial charge in [0, 0.05) is 10.7 Å². The normalized spacial score (nSPS) is 12.1. The van der Waals surface area contributed by atoms with Crippen LogP contribution in [0.25, 0.3) is 0 Å². The molecule has 0 saturated carbocycles. The summed E-state index contributed by atoms with van der Waals surface area (Å²) in [5, 5.41) is 4.13. The molecule has 0 radical (unpaired) electrons. The molecule has 2 aromatic rings. The second-order valence-corrected chi connectivity index (χ2v) is 7.75. The van der Waals surface area contributed by atoms with E-state index in [1.54, 1.807) is 26.0 Å². The van der Waals surface area contributed by atoms with Gasteiger partial charge in [0.2, 0.25) is 0 Å². The van der Waals surface area contributed by atoms with Gasteiger partial charge in [-0.2, -0.15) is 5.10 Å². The molecule has 0 N–H and O–H groups in total. The van der Waals surface area contributed by atoms with Crippen molar-refractivity contribution in [3.8, 4) is 0 Å². The summed E-state index contributed by atoms with van der Waals surface area (Å²) in [5.41, 5.74) is 0.916. The molecule has 0 bridgehead atoms. The molecule has 0 aliphatic carbocycles. The zero-order valence-electron chi connectivity index (χ0n) is 11.3. The molecular weight excluding hydrogens is 338 g/mol. The average Bonchev–Trinajstić information content (AvgIpc) is 2.67. The van der Waals surface area contributed by atoms with Gasteiger partial charge in [-0.25, -0.2) is 17.5 Å². The molecule has 0 atom stereocenters. The van der Waals surface area contributed by atoms with Crippen LogP contribution in [0.1, 0.15) is 31.0 Å². The average molecular weight is 351 g/mol. The maximum atomic E-state index is 13.2. The van der Waals surface area contributed by atoms with Crippen molar-refractivity contribution < 1.29 is 12.8 Å². The first kappa shape index (κ1) is 16.3. The number of aromatic nitrogens is 2. The summed E-state index contributed by atoms with van der Waals surface area (Å²) < 4.78 is 37.8. The van der Waals surface area contributed by atoms with Gasteiger partial charge in [0.05, 0.1) is 12.2 Å². The van der Waals surface area contributed by atoms with Crippen molar-refractivity contribution in [1.82, 2.24) is 9.78 Å². The third kappa shape index (κ3) is 3.56. The van der Waals surface area contributed by atoms with Crippen molar-refractivity contribution >= 4 is 31.3 Å². The Kier molecular flexibility index (Phi) is 4.60. The van der Waals surface area contributed by atoms with Gasteiger partial charge in [-0.15, -0.1) is 0 Å². The molecule has 1 heterocycles. The Labute approximate surface area is 131 Å². The lowest BCUT2D eigenvalue weighted by Crippen LogP contribution is -2.03. The van der Waals surface area contributed by atoms with Crippen LogP contribution in [0.15, 0.2) is 29.2 Å². The molecule has 0 unspecified atom stereocenters. The molecule has 2 rings (SSSR count). The molecule has 1 aromatic heterocycles. The quantitative estimate of drug-likeness (QED) is 0.788. The Morgan fingerprint density at radius 2 is 2.05 bits per heavy atom. The smallest absolute Gasteiger partial charge is 0.248 e. The lowest BCUT2D eigenvalue weighted by atomic mass is 10.1. The zero-order valence-corrected chi connectivity index (χ0v) is 13.7. The number of hydrogen-bond acceptors (Lipinski definition) is 3. The minimum Gasteiger partial charge on any atom is -0.248 e. The molecule has 21 heavy (non-hydrogen) atoms. The number of halogens is 3. The predicted octanol–water partition coefficient (Wildman–Crippen LogP) is 3.77. The van der Waals surface area contributed by atoms with Gasteiger partial charge in [-0.3, -0.25) is 0 Å². The summed E-state index contributed by atoms with van der Waals surface area (Å²) in [6.45, 7) is 3.73. The molecule has 0 saturated heterocycles. The molecular formula is C13H13Cl2FN2O2S. The van der Waals surface area contributed by atoms with Crippen LogP contribution in [0, 0.1) is 5.82 Å². The molecule has 8 heteroatoms. The minimum absolute atomic E-state index is 0.0713. The van der Waals surface area contributed by atoms with Crippen LogP contribution >= 0.6 is 22.3 Å². The van der Waals surface area contributed by atoms with Gasteiger partial charge < -0.3 is 0 Å². The number of rotatable bonds is 4. The summed E-state index contributed by atoms with van der Waals surface area (Å²) in [6.07, 6.45) is 0. The Hall–Kier alpha value is -1.11. The van der Waals surface area contributed by atoms with Crippen LogP contribution in [0.5, 0.6) is 0 Å². The maximum Gasteiger partial charge on any atom is 0.266 e. The van der Waals surface area contributed by atoms with Crippen LogP contribution in [-0.2, 0) is 15.6 Å². The van der Waals surface area contributed by atoms with E-state index in [2.05, 4.69) is 5.10 Å². The fourth-order valence-electron chi connectivity index (χ4n) is 1.96. The third-order valence-electron chi connectivity index (χ3n) is 2.89. The zero-order chi connectivity index (χ0) is 15.8. The predicted molar refractivity (Wildman–Crippen MR) is 79.9 cm³/mol. The first-order valence-electron chi connectivity index (χ1n) is 6.15. The Bertz CT molecular complexity index is 772. The fourth-order valence-corrected chi connectivity index (χ4v) is 3.87. The summed E-state index contributed by atoms with van der Waals surface area (Å²) in [4.78, 5) is -0.183. The van der Waals surface area contributed by atoms with E-state index in [9.17, 15) is 12.8 Å². The minimum atomic E-state index is -4.01. The highest BCUT2D eigenvalue weighted by Gasteiger charge is 2.27. The van der Waals surface area contributed by atoms with E-state index in [4.69, 9.17) is 22.3 Å². The topological polar surface area (TPSA) is 52.0 Å². The van der Waals surface area contributed by atoms with E-state index in [-0.39, 0.29) is 28.3 Å². The monoisotopic (exact) mass is 350 g/mol. The van der Waals surface area contributed by atoms with Crippen LogP contribution < -0.4 is 0 Å². The largest absolute Gasteiger partial charge is 0.266 e. The van der Waals surface area contributed by atoms with Crippen molar-refractivity contribution in [2.24, 2.45) is 0 Å². The van der Waals surface area contributed by atoms with Crippen molar-refractivity contribution in [3.05, 3.63) is 46.5 Å². The standard InChI is InChI=1S/C13H13Cl2FN2O2S/c1-8(2)11-12(21(15,19)20)13(14)18(17-11)7-9-4-3-5-10(16)6-9/h3-6,8H,7H2,1-2H3. The van der Waals surface area contributed by atoms with E-state index in [0.717, 1.165) is 0 Å². The third-order valence-corrected chi connectivity index (χ3v) is 4.74. The van der Waals surface area contributed by atoms with Gasteiger partial charge in [-0.1, -0.05) is 37.6 Å². The van der Waals surface area contributed by atoms with E-state index in [1.807, 2.05) is 0 Å². The highest BCUT2D eigenvalue weighted by Crippen LogP contribution is 2.32. The van der Waals surface area contributed by atoms with Crippen LogP contribution in [0.2, 0.25) is 5.15 Å². The van der Waals surface area contributed by atoms with Crippen molar-refractivity contribution in [3.63, 3.8) is 0 Å². The fraction of sp³-hybridized carbons (Fsp3) is 0.308. The number of benzene rings is 1. The van der Waals surface area contributed by atoms with Gasteiger partial charge in [0.15, 0.2) is 0 Å². The molecule has 0 aliphatic rings. The molecule has 4 nitrogen and oxygen atoms in total.